The maximum atomic E-state index is 14.1. The number of pyridine rings is 2. The molecule has 2 amide bonds. The molecule has 0 atom stereocenters. The number of nitrogens with one attached hydrogen (secondary N) is 1. The molecule has 0 saturated heterocycles. The SMILES string of the molecule is Cc1ccc(-c2cc(C(F)(F)F)nc3sc(C(N)=O)c(NC(=O)c4cc(-c5c(C)nn(C)c5C)nc5ccccc45)c23)cc1. The Hall–Kier alpha value is -5.10. The highest BCUT2D eigenvalue weighted by Crippen LogP contribution is 2.44. The molecule has 4 aromatic heterocycles. The van der Waals surface area contributed by atoms with E-state index in [1.165, 1.54) is 0 Å². The van der Waals surface area contributed by atoms with Gasteiger partial charge in [0.25, 0.3) is 11.8 Å². The summed E-state index contributed by atoms with van der Waals surface area (Å²) in [7, 11) is 1.82. The number of nitrogens with zero attached hydrogens (tertiary/aromatic N) is 4. The number of para-hydroxylation sites is 1. The number of anilines is 1. The third kappa shape index (κ3) is 4.96. The second-order valence-electron chi connectivity index (χ2n) is 10.5. The van der Waals surface area contributed by atoms with E-state index in [1.54, 1.807) is 59.3 Å². The van der Waals surface area contributed by atoms with Gasteiger partial charge in [-0.15, -0.1) is 11.3 Å². The molecule has 0 aliphatic rings. The van der Waals surface area contributed by atoms with Crippen molar-refractivity contribution in [1.82, 2.24) is 19.7 Å². The van der Waals surface area contributed by atoms with E-state index in [2.05, 4.69) is 15.4 Å². The Labute approximate surface area is 253 Å². The number of benzene rings is 2. The number of aryl methyl sites for hydroxylation is 3. The molecule has 0 radical (unpaired) electrons. The van der Waals surface area contributed by atoms with Crippen molar-refractivity contribution in [2.75, 3.05) is 5.32 Å². The van der Waals surface area contributed by atoms with Crippen LogP contribution < -0.4 is 11.1 Å². The number of hydrogen-bond donors (Lipinski definition) is 2. The Kier molecular flexibility index (Phi) is 6.96. The minimum atomic E-state index is -4.75. The Balaban J connectivity index is 1.58. The number of halogens is 3. The molecule has 8 nitrogen and oxygen atoms in total. The number of primary amides is 1. The summed E-state index contributed by atoms with van der Waals surface area (Å²) in [5.74, 6) is -1.50. The zero-order chi connectivity index (χ0) is 31.5. The molecule has 0 unspecified atom stereocenters. The minimum Gasteiger partial charge on any atom is -0.365 e. The molecule has 0 bridgehead atoms. The average molecular weight is 615 g/mol. The third-order valence-electron chi connectivity index (χ3n) is 7.50. The zero-order valence-electron chi connectivity index (χ0n) is 24.0. The summed E-state index contributed by atoms with van der Waals surface area (Å²) in [4.78, 5) is 35.2. The summed E-state index contributed by atoms with van der Waals surface area (Å²) < 4.78 is 43.5. The first kappa shape index (κ1) is 29.0. The van der Waals surface area contributed by atoms with Crippen LogP contribution in [0.5, 0.6) is 0 Å². The number of hydrogen-bond acceptors (Lipinski definition) is 6. The smallest absolute Gasteiger partial charge is 0.365 e. The first-order valence-electron chi connectivity index (χ1n) is 13.5. The molecule has 222 valence electrons. The van der Waals surface area contributed by atoms with Crippen LogP contribution in [0.3, 0.4) is 0 Å². The van der Waals surface area contributed by atoms with E-state index in [0.29, 0.717) is 33.5 Å². The maximum absolute atomic E-state index is 14.1. The number of amides is 2. The van der Waals surface area contributed by atoms with E-state index < -0.39 is 23.7 Å². The van der Waals surface area contributed by atoms with Gasteiger partial charge in [-0.2, -0.15) is 18.3 Å². The molecule has 6 rings (SSSR count). The molecule has 2 aromatic carbocycles. The molecule has 0 fully saturated rings. The lowest BCUT2D eigenvalue weighted by Gasteiger charge is -2.14. The van der Waals surface area contributed by atoms with Gasteiger partial charge >= 0.3 is 6.18 Å². The Bertz CT molecular complexity index is 2130. The highest BCUT2D eigenvalue weighted by Gasteiger charge is 2.35. The van der Waals surface area contributed by atoms with Crippen molar-refractivity contribution in [3.63, 3.8) is 0 Å². The second kappa shape index (κ2) is 10.6. The van der Waals surface area contributed by atoms with Gasteiger partial charge in [-0.1, -0.05) is 48.0 Å². The molecule has 4 heterocycles. The summed E-state index contributed by atoms with van der Waals surface area (Å²) in [6.45, 7) is 5.61. The fourth-order valence-corrected chi connectivity index (χ4v) is 6.32. The Morgan fingerprint density at radius 3 is 2.32 bits per heavy atom. The maximum Gasteiger partial charge on any atom is 0.433 e. The van der Waals surface area contributed by atoms with E-state index in [-0.39, 0.29) is 31.9 Å². The molecule has 0 aliphatic carbocycles. The average Bonchev–Trinajstić information content (AvgIpc) is 3.47. The van der Waals surface area contributed by atoms with Gasteiger partial charge in [0.1, 0.15) is 15.4 Å². The van der Waals surface area contributed by atoms with Gasteiger partial charge in [-0.05, 0) is 50.1 Å². The van der Waals surface area contributed by atoms with Gasteiger partial charge in [-0.3, -0.25) is 14.3 Å². The van der Waals surface area contributed by atoms with Crippen molar-refractivity contribution < 1.29 is 22.8 Å². The van der Waals surface area contributed by atoms with Crippen molar-refractivity contribution in [3.8, 4) is 22.4 Å². The number of nitrogens with two attached hydrogens (primary N) is 1. The largest absolute Gasteiger partial charge is 0.433 e. The van der Waals surface area contributed by atoms with E-state index >= 15 is 0 Å². The molecule has 0 saturated carbocycles. The van der Waals surface area contributed by atoms with Gasteiger partial charge in [0.05, 0.1) is 28.2 Å². The fourth-order valence-electron chi connectivity index (χ4n) is 5.31. The quantitative estimate of drug-likeness (QED) is 0.213. The molecular weight excluding hydrogens is 589 g/mol. The van der Waals surface area contributed by atoms with Crippen LogP contribution in [0.25, 0.3) is 43.5 Å². The summed E-state index contributed by atoms with van der Waals surface area (Å²) >= 11 is 0.698. The number of rotatable bonds is 5. The van der Waals surface area contributed by atoms with Crippen molar-refractivity contribution in [3.05, 3.63) is 93.7 Å². The van der Waals surface area contributed by atoms with E-state index in [1.807, 2.05) is 27.8 Å². The minimum absolute atomic E-state index is 0.00418. The molecule has 0 aliphatic heterocycles. The first-order valence-corrected chi connectivity index (χ1v) is 14.3. The number of aromatic nitrogens is 4. The van der Waals surface area contributed by atoms with Crippen molar-refractivity contribution >= 4 is 50.0 Å². The molecule has 12 heteroatoms. The normalized spacial score (nSPS) is 11.8. The van der Waals surface area contributed by atoms with Crippen LogP contribution in [0.4, 0.5) is 18.9 Å². The third-order valence-corrected chi connectivity index (χ3v) is 8.60. The van der Waals surface area contributed by atoms with Gasteiger partial charge < -0.3 is 11.1 Å². The van der Waals surface area contributed by atoms with Crippen LogP contribution in [0.1, 0.15) is 42.7 Å². The predicted molar refractivity (Wildman–Crippen MR) is 165 cm³/mol. The number of fused-ring (bicyclic) bond motifs is 2. The van der Waals surface area contributed by atoms with Crippen LogP contribution in [0.2, 0.25) is 0 Å². The van der Waals surface area contributed by atoms with Crippen LogP contribution in [-0.2, 0) is 13.2 Å². The zero-order valence-corrected chi connectivity index (χ0v) is 24.8. The number of carbonyl (C=O) groups excluding carboxylic acids is 2. The van der Waals surface area contributed by atoms with Crippen LogP contribution >= 0.6 is 11.3 Å². The fraction of sp³-hybridized carbons (Fsp3) is 0.156. The van der Waals surface area contributed by atoms with E-state index in [0.717, 1.165) is 28.6 Å². The van der Waals surface area contributed by atoms with Crippen molar-refractivity contribution in [2.24, 2.45) is 12.8 Å². The Morgan fingerprint density at radius 2 is 1.68 bits per heavy atom. The molecule has 6 aromatic rings. The summed E-state index contributed by atoms with van der Waals surface area (Å²) in [6, 6.07) is 16.6. The topological polar surface area (TPSA) is 116 Å². The number of carbonyl (C=O) groups is 2. The molecule has 0 spiro atoms. The molecule has 3 N–H and O–H groups in total. The standard InChI is InChI=1S/C32H25F3N6O2S/c1-15-9-11-18(12-10-15)20-14-24(32(33,34)35)38-31-26(20)27(28(44-31)29(36)42)39-30(43)21-13-23(25-16(2)40-41(4)17(25)3)37-22-8-6-5-7-19(21)22/h5-14H,1-4H3,(H2,36,42)(H,39,43). The number of alkyl halides is 3. The second-order valence-corrected chi connectivity index (χ2v) is 11.5. The van der Waals surface area contributed by atoms with Gasteiger partial charge in [0, 0.05) is 29.1 Å². The predicted octanol–water partition coefficient (Wildman–Crippen LogP) is 7.21. The van der Waals surface area contributed by atoms with Gasteiger partial charge in [0.2, 0.25) is 0 Å². The number of thiophene rings is 1. The monoisotopic (exact) mass is 614 g/mol. The molecular formula is C32H25F3N6O2S. The summed E-state index contributed by atoms with van der Waals surface area (Å²) in [5, 5.41) is 8.02. The van der Waals surface area contributed by atoms with Crippen molar-refractivity contribution in [2.45, 2.75) is 26.9 Å². The van der Waals surface area contributed by atoms with Crippen LogP contribution in [0.15, 0.2) is 60.7 Å². The lowest BCUT2D eigenvalue weighted by Crippen LogP contribution is -2.17. The first-order chi connectivity index (χ1) is 20.8. The van der Waals surface area contributed by atoms with Crippen molar-refractivity contribution in [1.29, 1.82) is 0 Å². The van der Waals surface area contributed by atoms with E-state index in [9.17, 15) is 22.8 Å². The Morgan fingerprint density at radius 1 is 0.977 bits per heavy atom. The van der Waals surface area contributed by atoms with E-state index in [4.69, 9.17) is 10.7 Å². The molecule has 44 heavy (non-hydrogen) atoms. The van der Waals surface area contributed by atoms with Crippen LogP contribution in [-0.4, -0.2) is 31.6 Å². The lowest BCUT2D eigenvalue weighted by atomic mass is 9.99. The highest BCUT2D eigenvalue weighted by atomic mass is 32.1. The highest BCUT2D eigenvalue weighted by molar-refractivity contribution is 7.21. The summed E-state index contributed by atoms with van der Waals surface area (Å²) in [6.07, 6.45) is -4.75. The van der Waals surface area contributed by atoms with Gasteiger partial charge in [-0.25, -0.2) is 9.97 Å². The lowest BCUT2D eigenvalue weighted by molar-refractivity contribution is -0.140. The van der Waals surface area contributed by atoms with Gasteiger partial charge in [0.15, 0.2) is 0 Å². The summed E-state index contributed by atoms with van der Waals surface area (Å²) in [5.41, 5.74) is 9.79. The van der Waals surface area contributed by atoms with Crippen LogP contribution in [0, 0.1) is 20.8 Å².